The third kappa shape index (κ3) is 3.73. The molecule has 0 fully saturated rings. The maximum Gasteiger partial charge on any atom is 0.262 e. The van der Waals surface area contributed by atoms with Gasteiger partial charge in [0.25, 0.3) is 10.0 Å². The maximum absolute atomic E-state index is 12.6. The van der Waals surface area contributed by atoms with Crippen LogP contribution in [0, 0.1) is 20.8 Å². The van der Waals surface area contributed by atoms with Crippen molar-refractivity contribution >= 4 is 37.6 Å². The number of carboxylic acids is 1. The van der Waals surface area contributed by atoms with Crippen molar-refractivity contribution in [2.75, 3.05) is 4.72 Å². The number of rotatable bonds is 4. The Morgan fingerprint density at radius 1 is 1.09 bits per heavy atom. The number of hydrogen-bond acceptors (Lipinski definition) is 4. The van der Waals surface area contributed by atoms with Crippen molar-refractivity contribution in [1.82, 2.24) is 0 Å². The number of aryl methyl sites for hydroxylation is 2. The molecule has 0 saturated heterocycles. The second kappa shape index (κ2) is 6.33. The fourth-order valence-corrected chi connectivity index (χ4v) is 3.78. The molecule has 5 nitrogen and oxygen atoms in total. The van der Waals surface area contributed by atoms with E-state index in [0.717, 1.165) is 16.1 Å². The Labute approximate surface area is 143 Å². The smallest absolute Gasteiger partial charge is 0.262 e. The number of hydrogen-bond donors (Lipinski definition) is 1. The number of anilines is 1. The van der Waals surface area contributed by atoms with Crippen molar-refractivity contribution in [2.24, 2.45) is 0 Å². The largest absolute Gasteiger partial charge is 0.545 e. The summed E-state index contributed by atoms with van der Waals surface area (Å²) in [6.07, 6.45) is 0. The van der Waals surface area contributed by atoms with Crippen LogP contribution in [0.2, 0.25) is 0 Å². The Morgan fingerprint density at radius 2 is 1.74 bits per heavy atom. The molecule has 2 rings (SSSR count). The number of carbonyl (C=O) groups is 1. The summed E-state index contributed by atoms with van der Waals surface area (Å²) < 4.78 is 28.6. The third-order valence-electron chi connectivity index (χ3n) is 3.56. The van der Waals surface area contributed by atoms with Gasteiger partial charge in [-0.05, 0) is 73.4 Å². The maximum atomic E-state index is 12.6. The van der Waals surface area contributed by atoms with Gasteiger partial charge in [-0.2, -0.15) is 0 Å². The molecule has 7 heteroatoms. The monoisotopic (exact) mass is 396 g/mol. The van der Waals surface area contributed by atoms with E-state index in [9.17, 15) is 18.3 Å². The van der Waals surface area contributed by atoms with Crippen LogP contribution in [0.1, 0.15) is 27.0 Å². The van der Waals surface area contributed by atoms with E-state index in [1.807, 2.05) is 6.92 Å². The molecule has 0 aliphatic heterocycles. The van der Waals surface area contributed by atoms with Crippen molar-refractivity contribution in [2.45, 2.75) is 25.7 Å². The van der Waals surface area contributed by atoms with E-state index in [0.29, 0.717) is 16.8 Å². The average molecular weight is 397 g/mol. The summed E-state index contributed by atoms with van der Waals surface area (Å²) in [6.45, 7) is 5.13. The lowest BCUT2D eigenvalue weighted by Gasteiger charge is -2.15. The van der Waals surface area contributed by atoms with Gasteiger partial charge >= 0.3 is 0 Å². The van der Waals surface area contributed by atoms with Crippen LogP contribution >= 0.6 is 15.9 Å². The molecule has 2 aromatic rings. The minimum Gasteiger partial charge on any atom is -0.545 e. The van der Waals surface area contributed by atoms with E-state index in [2.05, 4.69) is 20.7 Å². The van der Waals surface area contributed by atoms with Crippen LogP contribution in [0.25, 0.3) is 0 Å². The molecule has 2 aromatic carbocycles. The number of aromatic carboxylic acids is 1. The summed E-state index contributed by atoms with van der Waals surface area (Å²) in [5, 5.41) is 11.1. The molecule has 0 saturated carbocycles. The quantitative estimate of drug-likeness (QED) is 0.859. The topological polar surface area (TPSA) is 86.3 Å². The molecule has 1 N–H and O–H groups in total. The lowest BCUT2D eigenvalue weighted by atomic mass is 10.1. The Kier molecular flexibility index (Phi) is 4.81. The zero-order valence-electron chi connectivity index (χ0n) is 12.8. The molecular weight excluding hydrogens is 382 g/mol. The molecule has 0 unspecified atom stereocenters. The molecule has 0 radical (unpaired) electrons. The molecule has 0 heterocycles. The number of sulfonamides is 1. The highest BCUT2D eigenvalue weighted by Gasteiger charge is 2.19. The molecule has 0 aliphatic rings. The van der Waals surface area contributed by atoms with E-state index < -0.39 is 16.0 Å². The first kappa shape index (κ1) is 17.5. The summed E-state index contributed by atoms with van der Waals surface area (Å²) in [7, 11) is -3.91. The molecule has 23 heavy (non-hydrogen) atoms. The summed E-state index contributed by atoms with van der Waals surface area (Å²) in [5.41, 5.74) is 2.18. The number of carbonyl (C=O) groups excluding carboxylic acids is 1. The Hall–Kier alpha value is -1.86. The second-order valence-electron chi connectivity index (χ2n) is 5.27. The lowest BCUT2D eigenvalue weighted by Crippen LogP contribution is -2.23. The predicted molar refractivity (Wildman–Crippen MR) is 89.9 cm³/mol. The fourth-order valence-electron chi connectivity index (χ4n) is 2.14. The summed E-state index contributed by atoms with van der Waals surface area (Å²) in [4.78, 5) is 11.0. The van der Waals surface area contributed by atoms with E-state index in [4.69, 9.17) is 0 Å². The van der Waals surface area contributed by atoms with E-state index in [1.54, 1.807) is 32.0 Å². The minimum absolute atomic E-state index is 0.0720. The number of halogens is 1. The first-order valence-electron chi connectivity index (χ1n) is 6.73. The fraction of sp³-hybridized carbons (Fsp3) is 0.188. The van der Waals surface area contributed by atoms with Gasteiger partial charge in [-0.15, -0.1) is 0 Å². The molecular formula is C16H15BrNO4S-. The molecule has 0 bridgehead atoms. The normalized spacial score (nSPS) is 11.3. The van der Waals surface area contributed by atoms with E-state index in [1.165, 1.54) is 6.07 Å². The summed E-state index contributed by atoms with van der Waals surface area (Å²) in [5.74, 6) is -1.41. The first-order chi connectivity index (χ1) is 10.6. The minimum atomic E-state index is -3.91. The van der Waals surface area contributed by atoms with Gasteiger partial charge in [-0.25, -0.2) is 8.42 Å². The standard InChI is InChI=1S/C16H16BrNO4S/c1-9-6-12(16(19)20)8-15(11(9)3)23(21,22)18-13-4-5-14(17)10(2)7-13/h4-8,18H,1-3H3,(H,19,20)/p-1. The van der Waals surface area contributed by atoms with E-state index in [-0.39, 0.29) is 10.5 Å². The van der Waals surface area contributed by atoms with Crippen molar-refractivity contribution in [1.29, 1.82) is 0 Å². The molecule has 0 amide bonds. The zero-order valence-corrected chi connectivity index (χ0v) is 15.2. The van der Waals surface area contributed by atoms with Gasteiger partial charge in [-0.3, -0.25) is 4.72 Å². The van der Waals surface area contributed by atoms with Gasteiger partial charge in [0.1, 0.15) is 0 Å². The molecule has 0 aromatic heterocycles. The third-order valence-corrected chi connectivity index (χ3v) is 5.95. The van der Waals surface area contributed by atoms with Crippen molar-refractivity contribution in [3.8, 4) is 0 Å². The van der Waals surface area contributed by atoms with Gasteiger partial charge in [0.2, 0.25) is 0 Å². The van der Waals surface area contributed by atoms with Gasteiger partial charge in [0.05, 0.1) is 10.9 Å². The predicted octanol–water partition coefficient (Wildman–Crippen LogP) is 2.54. The van der Waals surface area contributed by atoms with Gasteiger partial charge in [0, 0.05) is 10.2 Å². The van der Waals surface area contributed by atoms with Crippen molar-refractivity contribution in [3.05, 3.63) is 57.1 Å². The van der Waals surface area contributed by atoms with Crippen molar-refractivity contribution < 1.29 is 18.3 Å². The van der Waals surface area contributed by atoms with Crippen LogP contribution < -0.4 is 9.83 Å². The van der Waals surface area contributed by atoms with Gasteiger partial charge in [-0.1, -0.05) is 15.9 Å². The summed E-state index contributed by atoms with van der Waals surface area (Å²) >= 11 is 3.35. The Morgan fingerprint density at radius 3 is 2.30 bits per heavy atom. The zero-order chi connectivity index (χ0) is 17.4. The Balaban J connectivity index is 2.51. The highest BCUT2D eigenvalue weighted by molar-refractivity contribution is 9.10. The van der Waals surface area contributed by atoms with Crippen LogP contribution in [0.4, 0.5) is 5.69 Å². The van der Waals surface area contributed by atoms with Crippen LogP contribution in [-0.2, 0) is 10.0 Å². The number of benzene rings is 2. The van der Waals surface area contributed by atoms with Crippen molar-refractivity contribution in [3.63, 3.8) is 0 Å². The molecule has 122 valence electrons. The first-order valence-corrected chi connectivity index (χ1v) is 9.01. The van der Waals surface area contributed by atoms with Gasteiger partial charge < -0.3 is 9.90 Å². The second-order valence-corrected chi connectivity index (χ2v) is 7.78. The van der Waals surface area contributed by atoms with Crippen LogP contribution in [0.3, 0.4) is 0 Å². The van der Waals surface area contributed by atoms with E-state index >= 15 is 0 Å². The molecule has 0 spiro atoms. The highest BCUT2D eigenvalue weighted by Crippen LogP contribution is 2.25. The van der Waals surface area contributed by atoms with Crippen LogP contribution in [0.15, 0.2) is 39.7 Å². The SMILES string of the molecule is Cc1cc(NS(=O)(=O)c2cc(C(=O)[O-])cc(C)c2C)ccc1Br. The number of nitrogens with one attached hydrogen (secondary N) is 1. The van der Waals surface area contributed by atoms with Gasteiger partial charge in [0.15, 0.2) is 0 Å². The number of carboxylic acid groups (broad SMARTS) is 1. The lowest BCUT2D eigenvalue weighted by molar-refractivity contribution is -0.255. The Bertz CT molecular complexity index is 891. The van der Waals surface area contributed by atoms with Crippen LogP contribution in [0.5, 0.6) is 0 Å². The highest BCUT2D eigenvalue weighted by atomic mass is 79.9. The molecule has 0 aliphatic carbocycles. The van der Waals surface area contributed by atoms with Crippen LogP contribution in [-0.4, -0.2) is 14.4 Å². The summed E-state index contributed by atoms with van der Waals surface area (Å²) in [6, 6.07) is 7.56. The average Bonchev–Trinajstić information content (AvgIpc) is 2.45. The molecule has 0 atom stereocenters.